The van der Waals surface area contributed by atoms with Crippen LogP contribution in [0.3, 0.4) is 0 Å². The summed E-state index contributed by atoms with van der Waals surface area (Å²) in [4.78, 5) is 0.0260. The molecule has 2 aromatic carbocycles. The number of rotatable bonds is 5. The van der Waals surface area contributed by atoms with E-state index in [1.165, 1.54) is 24.3 Å². The quantitative estimate of drug-likeness (QED) is 0.708. The number of primary sulfonamides is 1. The summed E-state index contributed by atoms with van der Waals surface area (Å²) in [6, 6.07) is 9.75. The van der Waals surface area contributed by atoms with Crippen LogP contribution in [0.2, 0.25) is 5.02 Å². The summed E-state index contributed by atoms with van der Waals surface area (Å²) in [5, 5.41) is 8.23. The van der Waals surface area contributed by atoms with E-state index >= 15 is 0 Å². The first-order valence-electron chi connectivity index (χ1n) is 8.55. The summed E-state index contributed by atoms with van der Waals surface area (Å²) in [6.07, 6.45) is -4.48. The van der Waals surface area contributed by atoms with E-state index in [-0.39, 0.29) is 32.9 Å². The summed E-state index contributed by atoms with van der Waals surface area (Å²) in [5.41, 5.74) is -0.0330. The number of halogens is 4. The van der Waals surface area contributed by atoms with Crippen LogP contribution in [0.25, 0.3) is 0 Å². The third kappa shape index (κ3) is 4.14. The molecule has 0 radical (unpaired) electrons. The van der Waals surface area contributed by atoms with E-state index in [2.05, 4.69) is 5.32 Å². The van der Waals surface area contributed by atoms with Gasteiger partial charge in [-0.2, -0.15) is 13.2 Å². The lowest BCUT2D eigenvalue weighted by molar-refractivity contribution is -0.136. The fourth-order valence-corrected chi connectivity index (χ4v) is 4.47. The fraction of sp³-hybridized carbons (Fsp3) is 0.368. The zero-order valence-electron chi connectivity index (χ0n) is 15.2. The third-order valence-electron chi connectivity index (χ3n) is 5.42. The van der Waals surface area contributed by atoms with Gasteiger partial charge in [-0.1, -0.05) is 37.6 Å². The third-order valence-corrected chi connectivity index (χ3v) is 6.58. The van der Waals surface area contributed by atoms with Crippen molar-refractivity contribution in [3.63, 3.8) is 0 Å². The van der Waals surface area contributed by atoms with E-state index in [1.807, 2.05) is 13.8 Å². The summed E-state index contributed by atoms with van der Waals surface area (Å²) in [7, 11) is -3.77. The molecule has 1 aliphatic carbocycles. The van der Waals surface area contributed by atoms with Gasteiger partial charge in [-0.05, 0) is 53.1 Å². The minimum Gasteiger partial charge on any atom is -0.384 e. The van der Waals surface area contributed by atoms with Crippen LogP contribution in [0.5, 0.6) is 0 Å². The summed E-state index contributed by atoms with van der Waals surface area (Å²) in [6.45, 7) is 4.39. The van der Waals surface area contributed by atoms with E-state index in [9.17, 15) is 21.6 Å². The first kappa shape index (κ1) is 21.0. The molecule has 3 rings (SSSR count). The number of hydrogen-bond acceptors (Lipinski definition) is 3. The molecular formula is C19H20ClF3N2O2S. The van der Waals surface area contributed by atoms with Gasteiger partial charge in [0.15, 0.2) is 0 Å². The molecule has 0 saturated heterocycles. The van der Waals surface area contributed by atoms with Gasteiger partial charge in [0.2, 0.25) is 10.0 Å². The van der Waals surface area contributed by atoms with Gasteiger partial charge in [0.25, 0.3) is 0 Å². The zero-order chi connectivity index (χ0) is 20.9. The lowest BCUT2D eigenvalue weighted by Gasteiger charge is -2.15. The van der Waals surface area contributed by atoms with E-state index in [1.54, 1.807) is 12.1 Å². The Balaban J connectivity index is 1.77. The van der Waals surface area contributed by atoms with Crippen LogP contribution < -0.4 is 10.5 Å². The van der Waals surface area contributed by atoms with Crippen LogP contribution in [0.4, 0.5) is 18.9 Å². The van der Waals surface area contributed by atoms with Crippen molar-refractivity contribution in [2.45, 2.75) is 30.8 Å². The van der Waals surface area contributed by atoms with E-state index in [4.69, 9.17) is 16.7 Å². The normalized spacial score (nSPS) is 21.4. The van der Waals surface area contributed by atoms with Crippen molar-refractivity contribution in [2.75, 3.05) is 11.9 Å². The molecule has 3 N–H and O–H groups in total. The molecule has 0 unspecified atom stereocenters. The molecule has 0 amide bonds. The lowest BCUT2D eigenvalue weighted by atomic mass is 10.0. The highest BCUT2D eigenvalue weighted by atomic mass is 35.5. The molecule has 1 saturated carbocycles. The predicted molar refractivity (Wildman–Crippen MR) is 103 cm³/mol. The maximum Gasteiger partial charge on any atom is 0.418 e. The van der Waals surface area contributed by atoms with Crippen LogP contribution in [-0.4, -0.2) is 15.0 Å². The van der Waals surface area contributed by atoms with Crippen molar-refractivity contribution < 1.29 is 21.6 Å². The van der Waals surface area contributed by atoms with Crippen molar-refractivity contribution in [1.82, 2.24) is 0 Å². The molecule has 152 valence electrons. The topological polar surface area (TPSA) is 72.2 Å². The second-order valence-electron chi connectivity index (χ2n) is 7.59. The Kier molecular flexibility index (Phi) is 5.19. The number of nitrogens with one attached hydrogen (secondary N) is 1. The average Bonchev–Trinajstić information content (AvgIpc) is 3.12. The molecule has 9 heteroatoms. The molecule has 2 atom stereocenters. The van der Waals surface area contributed by atoms with Crippen LogP contribution in [-0.2, 0) is 16.2 Å². The van der Waals surface area contributed by atoms with E-state index < -0.39 is 21.8 Å². The Morgan fingerprint density at radius 3 is 2.29 bits per heavy atom. The van der Waals surface area contributed by atoms with Crippen molar-refractivity contribution in [2.24, 2.45) is 16.5 Å². The van der Waals surface area contributed by atoms with Gasteiger partial charge in [-0.25, -0.2) is 13.6 Å². The number of alkyl halides is 3. The van der Waals surface area contributed by atoms with Gasteiger partial charge in [-0.3, -0.25) is 0 Å². The lowest BCUT2D eigenvalue weighted by Crippen LogP contribution is -2.13. The van der Waals surface area contributed by atoms with Gasteiger partial charge in [0.05, 0.1) is 10.5 Å². The number of hydrogen-bond donors (Lipinski definition) is 2. The second-order valence-corrected chi connectivity index (χ2v) is 9.59. The summed E-state index contributed by atoms with van der Waals surface area (Å²) >= 11 is 5.86. The van der Waals surface area contributed by atoms with Crippen molar-refractivity contribution in [1.29, 1.82) is 0 Å². The molecule has 0 heterocycles. The van der Waals surface area contributed by atoms with Crippen LogP contribution in [0.1, 0.15) is 30.9 Å². The number of nitrogens with two attached hydrogens (primary N) is 1. The van der Waals surface area contributed by atoms with Gasteiger partial charge in [0, 0.05) is 17.3 Å². The van der Waals surface area contributed by atoms with Gasteiger partial charge >= 0.3 is 6.18 Å². The maximum atomic E-state index is 13.2. The number of sulfonamides is 1. The monoisotopic (exact) mass is 432 g/mol. The number of anilines is 1. The number of benzene rings is 2. The average molecular weight is 433 g/mol. The van der Waals surface area contributed by atoms with Gasteiger partial charge in [0.1, 0.15) is 0 Å². The summed E-state index contributed by atoms with van der Waals surface area (Å²) in [5.74, 6) is 0.163. The molecular weight excluding hydrogens is 413 g/mol. The molecule has 0 spiro atoms. The smallest absolute Gasteiger partial charge is 0.384 e. The van der Waals surface area contributed by atoms with Crippen LogP contribution >= 0.6 is 11.6 Å². The SMILES string of the molecule is CC1(C)[C@H](CNc2cc(Cl)ccc2C(F)(F)F)[C@H]1c1ccc(S(N)(=O)=O)cc1. The van der Waals surface area contributed by atoms with Gasteiger partial charge in [-0.15, -0.1) is 0 Å². The van der Waals surface area contributed by atoms with Crippen LogP contribution in [0, 0.1) is 11.3 Å². The highest BCUT2D eigenvalue weighted by Gasteiger charge is 2.57. The van der Waals surface area contributed by atoms with E-state index in [0.717, 1.165) is 11.6 Å². The first-order valence-corrected chi connectivity index (χ1v) is 10.5. The standard InChI is InChI=1S/C19H20ClF3N2O2S/c1-18(2)15(17(18)11-3-6-13(7-4-11)28(24,26)27)10-25-16-9-12(20)5-8-14(16)19(21,22)23/h3-9,15,17,25H,10H2,1-2H3,(H2,24,26,27)/t15-,17-/m1/s1. The highest BCUT2D eigenvalue weighted by Crippen LogP contribution is 2.64. The van der Waals surface area contributed by atoms with E-state index in [0.29, 0.717) is 6.54 Å². The first-order chi connectivity index (χ1) is 12.8. The molecule has 2 aromatic rings. The molecule has 4 nitrogen and oxygen atoms in total. The minimum absolute atomic E-state index is 0.0260. The molecule has 0 aliphatic heterocycles. The minimum atomic E-state index is -4.48. The molecule has 1 aliphatic rings. The molecule has 0 bridgehead atoms. The fourth-order valence-electron chi connectivity index (χ4n) is 3.78. The molecule has 0 aromatic heterocycles. The largest absolute Gasteiger partial charge is 0.418 e. The molecule has 1 fully saturated rings. The Morgan fingerprint density at radius 2 is 1.75 bits per heavy atom. The summed E-state index contributed by atoms with van der Waals surface area (Å²) < 4.78 is 62.4. The zero-order valence-corrected chi connectivity index (χ0v) is 16.8. The van der Waals surface area contributed by atoms with Gasteiger partial charge < -0.3 is 5.32 Å². The Morgan fingerprint density at radius 1 is 1.14 bits per heavy atom. The van der Waals surface area contributed by atoms with Crippen LogP contribution in [0.15, 0.2) is 47.4 Å². The predicted octanol–water partition coefficient (Wildman–Crippen LogP) is 4.86. The molecule has 28 heavy (non-hydrogen) atoms. The Bertz CT molecular complexity index is 989. The highest BCUT2D eigenvalue weighted by molar-refractivity contribution is 7.89. The van der Waals surface area contributed by atoms with Crippen molar-refractivity contribution in [3.05, 3.63) is 58.6 Å². The van der Waals surface area contributed by atoms with Crippen molar-refractivity contribution in [3.8, 4) is 0 Å². The Hall–Kier alpha value is -1.77. The Labute approximate surface area is 166 Å². The maximum absolute atomic E-state index is 13.2. The van der Waals surface area contributed by atoms with Crippen molar-refractivity contribution >= 4 is 27.3 Å². The second kappa shape index (κ2) is 6.93.